The lowest BCUT2D eigenvalue weighted by Gasteiger charge is -2.14. The quantitative estimate of drug-likeness (QED) is 0.875. The average molecular weight is 262 g/mol. The molecule has 0 aliphatic rings. The molecule has 0 unspecified atom stereocenters. The van der Waals surface area contributed by atoms with Crippen molar-refractivity contribution in [2.75, 3.05) is 6.61 Å². The highest BCUT2D eigenvalue weighted by Gasteiger charge is 2.14. The van der Waals surface area contributed by atoms with Crippen LogP contribution in [-0.2, 0) is 0 Å². The fraction of sp³-hybridized carbons (Fsp3) is 0.364. The van der Waals surface area contributed by atoms with E-state index in [0.29, 0.717) is 22.0 Å². The largest absolute Gasteiger partial charge is 0.394 e. The summed E-state index contributed by atoms with van der Waals surface area (Å²) in [5.41, 5.74) is 0.320. The molecule has 16 heavy (non-hydrogen) atoms. The third-order valence-electron chi connectivity index (χ3n) is 2.22. The molecule has 1 rings (SSSR count). The van der Waals surface area contributed by atoms with Crippen LogP contribution in [0.1, 0.15) is 23.7 Å². The van der Waals surface area contributed by atoms with Gasteiger partial charge < -0.3 is 10.4 Å². The lowest BCUT2D eigenvalue weighted by Crippen LogP contribution is -2.37. The molecule has 0 radical (unpaired) electrons. The molecule has 0 aliphatic heterocycles. The van der Waals surface area contributed by atoms with Gasteiger partial charge in [0.1, 0.15) is 0 Å². The number of aliphatic hydroxyl groups is 1. The standard InChI is InChI=1S/C11H13Cl2NO2/c1-2-8(6-15)14-11(16)9-5-7(12)3-4-10(9)13/h3-5,8,15H,2,6H2,1H3,(H,14,16)/t8-/m1/s1. The first kappa shape index (κ1) is 13.3. The van der Waals surface area contributed by atoms with Gasteiger partial charge in [0.05, 0.1) is 23.2 Å². The smallest absolute Gasteiger partial charge is 0.253 e. The van der Waals surface area contributed by atoms with Gasteiger partial charge in [0.25, 0.3) is 5.91 Å². The molecule has 0 saturated carbocycles. The van der Waals surface area contributed by atoms with E-state index in [1.807, 2.05) is 6.92 Å². The Balaban J connectivity index is 2.83. The van der Waals surface area contributed by atoms with Crippen LogP contribution < -0.4 is 5.32 Å². The van der Waals surface area contributed by atoms with Crippen molar-refractivity contribution >= 4 is 29.1 Å². The summed E-state index contributed by atoms with van der Waals surface area (Å²) in [6.07, 6.45) is 0.653. The third kappa shape index (κ3) is 3.37. The lowest BCUT2D eigenvalue weighted by molar-refractivity contribution is 0.0915. The zero-order valence-electron chi connectivity index (χ0n) is 8.84. The first-order valence-electron chi connectivity index (χ1n) is 4.95. The maximum Gasteiger partial charge on any atom is 0.253 e. The Hall–Kier alpha value is -0.770. The van der Waals surface area contributed by atoms with Crippen LogP contribution in [0.3, 0.4) is 0 Å². The highest BCUT2D eigenvalue weighted by Crippen LogP contribution is 2.20. The summed E-state index contributed by atoms with van der Waals surface area (Å²) < 4.78 is 0. The highest BCUT2D eigenvalue weighted by atomic mass is 35.5. The van der Waals surface area contributed by atoms with Gasteiger partial charge in [-0.25, -0.2) is 0 Å². The number of hydrogen-bond donors (Lipinski definition) is 2. The molecule has 0 bridgehead atoms. The Bertz CT molecular complexity index is 378. The number of carbonyl (C=O) groups excluding carboxylic acids is 1. The molecule has 0 aliphatic carbocycles. The summed E-state index contributed by atoms with van der Waals surface area (Å²) in [6.45, 7) is 1.78. The second-order valence-corrected chi connectivity index (χ2v) is 4.23. The predicted molar refractivity (Wildman–Crippen MR) is 65.1 cm³/mol. The fourth-order valence-corrected chi connectivity index (χ4v) is 1.59. The van der Waals surface area contributed by atoms with E-state index < -0.39 is 0 Å². The molecule has 2 N–H and O–H groups in total. The number of aliphatic hydroxyl groups excluding tert-OH is 1. The molecular weight excluding hydrogens is 249 g/mol. The molecule has 1 aromatic rings. The van der Waals surface area contributed by atoms with E-state index in [-0.39, 0.29) is 18.6 Å². The molecule has 5 heteroatoms. The highest BCUT2D eigenvalue weighted by molar-refractivity contribution is 6.35. The van der Waals surface area contributed by atoms with E-state index in [1.165, 1.54) is 6.07 Å². The van der Waals surface area contributed by atoms with Gasteiger partial charge >= 0.3 is 0 Å². The molecule has 1 atom stereocenters. The summed E-state index contributed by atoms with van der Waals surface area (Å²) in [5, 5.41) is 12.4. The van der Waals surface area contributed by atoms with Gasteiger partial charge in [0.2, 0.25) is 0 Å². The zero-order chi connectivity index (χ0) is 12.1. The second kappa shape index (κ2) is 6.09. The van der Waals surface area contributed by atoms with E-state index in [0.717, 1.165) is 0 Å². The van der Waals surface area contributed by atoms with Crippen LogP contribution >= 0.6 is 23.2 Å². The van der Waals surface area contributed by atoms with Gasteiger partial charge in [-0.1, -0.05) is 30.1 Å². The summed E-state index contributed by atoms with van der Waals surface area (Å²) in [4.78, 5) is 11.8. The summed E-state index contributed by atoms with van der Waals surface area (Å²) in [6, 6.07) is 4.43. The van der Waals surface area contributed by atoms with Crippen molar-refractivity contribution in [2.45, 2.75) is 19.4 Å². The molecule has 88 valence electrons. The minimum absolute atomic E-state index is 0.0968. The monoisotopic (exact) mass is 261 g/mol. The van der Waals surface area contributed by atoms with E-state index in [4.69, 9.17) is 28.3 Å². The minimum atomic E-state index is -0.326. The second-order valence-electron chi connectivity index (χ2n) is 3.39. The van der Waals surface area contributed by atoms with Crippen LogP contribution in [0.2, 0.25) is 10.0 Å². The van der Waals surface area contributed by atoms with Crippen LogP contribution in [-0.4, -0.2) is 23.7 Å². The molecule has 1 aromatic carbocycles. The van der Waals surface area contributed by atoms with Crippen molar-refractivity contribution in [1.29, 1.82) is 0 Å². The normalized spacial score (nSPS) is 12.2. The summed E-state index contributed by atoms with van der Waals surface area (Å²) in [5.74, 6) is -0.326. The zero-order valence-corrected chi connectivity index (χ0v) is 10.3. The minimum Gasteiger partial charge on any atom is -0.394 e. The van der Waals surface area contributed by atoms with Gasteiger partial charge in [-0.15, -0.1) is 0 Å². The Labute approximate surface area is 104 Å². The number of nitrogens with one attached hydrogen (secondary N) is 1. The molecule has 0 aromatic heterocycles. The van der Waals surface area contributed by atoms with Gasteiger partial charge in [-0.3, -0.25) is 4.79 Å². The first-order chi connectivity index (χ1) is 7.58. The van der Waals surface area contributed by atoms with Gasteiger partial charge in [0, 0.05) is 5.02 Å². The fourth-order valence-electron chi connectivity index (χ4n) is 1.21. The predicted octanol–water partition coefficient (Wildman–Crippen LogP) is 2.49. The molecule has 3 nitrogen and oxygen atoms in total. The van der Waals surface area contributed by atoms with Gasteiger partial charge in [0.15, 0.2) is 0 Å². The maximum absolute atomic E-state index is 11.8. The van der Waals surface area contributed by atoms with E-state index >= 15 is 0 Å². The molecule has 0 heterocycles. The summed E-state index contributed by atoms with van der Waals surface area (Å²) >= 11 is 11.7. The van der Waals surface area contributed by atoms with E-state index in [9.17, 15) is 4.79 Å². The first-order valence-corrected chi connectivity index (χ1v) is 5.70. The molecule has 1 amide bonds. The number of rotatable bonds is 4. The summed E-state index contributed by atoms with van der Waals surface area (Å²) in [7, 11) is 0. The lowest BCUT2D eigenvalue weighted by atomic mass is 10.1. The van der Waals surface area contributed by atoms with Crippen molar-refractivity contribution in [2.24, 2.45) is 0 Å². The van der Waals surface area contributed by atoms with Crippen LogP contribution in [0.25, 0.3) is 0 Å². The van der Waals surface area contributed by atoms with Gasteiger partial charge in [-0.05, 0) is 24.6 Å². The number of hydrogen-bond acceptors (Lipinski definition) is 2. The Morgan fingerprint density at radius 2 is 2.19 bits per heavy atom. The van der Waals surface area contributed by atoms with Crippen LogP contribution in [0, 0.1) is 0 Å². The van der Waals surface area contributed by atoms with Crippen LogP contribution in [0.4, 0.5) is 0 Å². The van der Waals surface area contributed by atoms with Crippen molar-refractivity contribution in [3.8, 4) is 0 Å². The van der Waals surface area contributed by atoms with E-state index in [1.54, 1.807) is 12.1 Å². The number of amides is 1. The average Bonchev–Trinajstić information content (AvgIpc) is 2.28. The molecule has 0 fully saturated rings. The Kier molecular flexibility index (Phi) is 5.06. The van der Waals surface area contributed by atoms with Crippen LogP contribution in [0.5, 0.6) is 0 Å². The Morgan fingerprint density at radius 3 is 2.75 bits per heavy atom. The van der Waals surface area contributed by atoms with Crippen LogP contribution in [0.15, 0.2) is 18.2 Å². The molecular formula is C11H13Cl2NO2. The van der Waals surface area contributed by atoms with Crippen molar-refractivity contribution in [3.05, 3.63) is 33.8 Å². The topological polar surface area (TPSA) is 49.3 Å². The van der Waals surface area contributed by atoms with Crippen molar-refractivity contribution < 1.29 is 9.90 Å². The number of carbonyl (C=O) groups is 1. The van der Waals surface area contributed by atoms with Gasteiger partial charge in [-0.2, -0.15) is 0 Å². The third-order valence-corrected chi connectivity index (χ3v) is 2.79. The van der Waals surface area contributed by atoms with Crippen molar-refractivity contribution in [1.82, 2.24) is 5.32 Å². The molecule has 0 spiro atoms. The Morgan fingerprint density at radius 1 is 1.50 bits per heavy atom. The number of halogens is 2. The maximum atomic E-state index is 11.8. The SMILES string of the molecule is CC[C@H](CO)NC(=O)c1cc(Cl)ccc1Cl. The van der Waals surface area contributed by atoms with Crippen molar-refractivity contribution in [3.63, 3.8) is 0 Å². The van der Waals surface area contributed by atoms with E-state index in [2.05, 4.69) is 5.32 Å². The number of benzene rings is 1. The molecule has 0 saturated heterocycles.